The van der Waals surface area contributed by atoms with E-state index in [9.17, 15) is 18.0 Å². The van der Waals surface area contributed by atoms with E-state index in [1.54, 1.807) is 41.5 Å². The lowest BCUT2D eigenvalue weighted by Crippen LogP contribution is -2.27. The van der Waals surface area contributed by atoms with Gasteiger partial charge < -0.3 is 18.2 Å². The van der Waals surface area contributed by atoms with Gasteiger partial charge in [0.2, 0.25) is 5.91 Å². The first-order valence-electron chi connectivity index (χ1n) is 10.9. The molecule has 0 aliphatic rings. The third kappa shape index (κ3) is 6.71. The predicted molar refractivity (Wildman–Crippen MR) is 125 cm³/mol. The number of amides is 1. The van der Waals surface area contributed by atoms with Crippen molar-refractivity contribution in [2.24, 2.45) is 0 Å². The molecule has 0 radical (unpaired) electrons. The lowest BCUT2D eigenvalue weighted by Gasteiger charge is -2.20. The molecular formula is C25H27NO7S. The second-order valence-electron chi connectivity index (χ2n) is 7.62. The van der Waals surface area contributed by atoms with Crippen LogP contribution >= 0.6 is 0 Å². The summed E-state index contributed by atoms with van der Waals surface area (Å²) in [7, 11) is -4.28. The number of furan rings is 1. The Morgan fingerprint density at radius 3 is 2.35 bits per heavy atom. The minimum atomic E-state index is -4.28. The maximum absolute atomic E-state index is 12.9. The molecule has 1 heterocycles. The molecule has 0 N–H and O–H groups in total. The van der Waals surface area contributed by atoms with E-state index in [2.05, 4.69) is 0 Å². The normalized spacial score (nSPS) is 11.1. The lowest BCUT2D eigenvalue weighted by molar-refractivity contribution is -0.130. The highest BCUT2D eigenvalue weighted by atomic mass is 32.2. The Labute approximate surface area is 199 Å². The summed E-state index contributed by atoms with van der Waals surface area (Å²) in [6.07, 6.45) is 3.08. The zero-order chi connectivity index (χ0) is 24.6. The van der Waals surface area contributed by atoms with E-state index in [1.807, 2.05) is 6.92 Å². The molecule has 1 amide bonds. The van der Waals surface area contributed by atoms with Crippen LogP contribution in [0.15, 0.2) is 76.2 Å². The second-order valence-corrected chi connectivity index (χ2v) is 9.14. The van der Waals surface area contributed by atoms with Gasteiger partial charge in [-0.1, -0.05) is 37.6 Å². The van der Waals surface area contributed by atoms with Crippen LogP contribution in [-0.2, 0) is 32.7 Å². The fourth-order valence-electron chi connectivity index (χ4n) is 3.15. The Kier molecular flexibility index (Phi) is 8.48. The summed E-state index contributed by atoms with van der Waals surface area (Å²) in [5, 5.41) is 0. The Morgan fingerprint density at radius 1 is 0.971 bits per heavy atom. The minimum absolute atomic E-state index is 0.0785. The Hall–Kier alpha value is -3.59. The molecule has 0 atom stereocenters. The second kappa shape index (κ2) is 11.5. The van der Waals surface area contributed by atoms with E-state index >= 15 is 0 Å². The van der Waals surface area contributed by atoms with Crippen LogP contribution in [0.2, 0.25) is 0 Å². The van der Waals surface area contributed by atoms with Crippen molar-refractivity contribution in [3.8, 4) is 5.75 Å². The molecular weight excluding hydrogens is 458 g/mol. The molecule has 180 valence electrons. The molecule has 0 saturated carbocycles. The van der Waals surface area contributed by atoms with Gasteiger partial charge in [0.1, 0.15) is 16.4 Å². The van der Waals surface area contributed by atoms with Gasteiger partial charge in [0, 0.05) is 13.5 Å². The number of carbonyl (C=O) groups is 2. The maximum Gasteiger partial charge on any atom is 0.340 e. The predicted octanol–water partition coefficient (Wildman–Crippen LogP) is 4.55. The molecule has 2 aromatic carbocycles. The molecule has 8 nitrogen and oxygen atoms in total. The molecule has 0 aliphatic heterocycles. The van der Waals surface area contributed by atoms with Gasteiger partial charge in [-0.3, -0.25) is 4.79 Å². The van der Waals surface area contributed by atoms with Crippen LogP contribution in [0.1, 0.15) is 48.4 Å². The van der Waals surface area contributed by atoms with Crippen LogP contribution in [0.4, 0.5) is 0 Å². The highest BCUT2D eigenvalue weighted by Crippen LogP contribution is 2.23. The zero-order valence-corrected chi connectivity index (χ0v) is 19.9. The number of ether oxygens (including phenoxy) is 1. The molecule has 0 aliphatic carbocycles. The molecule has 0 unspecified atom stereocenters. The summed E-state index contributed by atoms with van der Waals surface area (Å²) in [5.74, 6) is -0.0966. The van der Waals surface area contributed by atoms with E-state index in [0.29, 0.717) is 25.3 Å². The van der Waals surface area contributed by atoms with Crippen LogP contribution in [0.3, 0.4) is 0 Å². The molecule has 3 rings (SSSR count). The number of nitrogens with zero attached hydrogens (tertiary/aromatic N) is 1. The van der Waals surface area contributed by atoms with Crippen molar-refractivity contribution >= 4 is 22.0 Å². The maximum atomic E-state index is 12.9. The van der Waals surface area contributed by atoms with E-state index in [4.69, 9.17) is 13.3 Å². The number of carbonyl (C=O) groups excluding carboxylic acids is 2. The van der Waals surface area contributed by atoms with E-state index in [0.717, 1.165) is 12.0 Å². The number of benzene rings is 2. The van der Waals surface area contributed by atoms with Gasteiger partial charge in [0.15, 0.2) is 0 Å². The Morgan fingerprint density at radius 2 is 1.71 bits per heavy atom. The third-order valence-electron chi connectivity index (χ3n) is 4.98. The quantitative estimate of drug-likeness (QED) is 0.223. The van der Waals surface area contributed by atoms with E-state index in [1.165, 1.54) is 37.3 Å². The first-order chi connectivity index (χ1) is 16.3. The van der Waals surface area contributed by atoms with Gasteiger partial charge in [-0.2, -0.15) is 8.42 Å². The number of rotatable bonds is 11. The molecule has 34 heavy (non-hydrogen) atoms. The van der Waals surface area contributed by atoms with Gasteiger partial charge in [-0.25, -0.2) is 4.79 Å². The zero-order valence-electron chi connectivity index (χ0n) is 19.1. The van der Waals surface area contributed by atoms with Crippen molar-refractivity contribution in [2.45, 2.75) is 44.7 Å². The van der Waals surface area contributed by atoms with Crippen molar-refractivity contribution in [3.63, 3.8) is 0 Å². The molecule has 0 saturated heterocycles. The molecule has 0 bridgehead atoms. The minimum Gasteiger partial charge on any atom is -0.467 e. The van der Waals surface area contributed by atoms with Gasteiger partial charge >= 0.3 is 16.1 Å². The van der Waals surface area contributed by atoms with Crippen molar-refractivity contribution < 1.29 is 31.3 Å². The lowest BCUT2D eigenvalue weighted by atomic mass is 10.2. The average Bonchev–Trinajstić information content (AvgIpc) is 3.33. The Balaban J connectivity index is 1.71. The van der Waals surface area contributed by atoms with Gasteiger partial charge in [0.25, 0.3) is 0 Å². The number of hydrogen-bond donors (Lipinski definition) is 0. The molecule has 9 heteroatoms. The summed E-state index contributed by atoms with van der Waals surface area (Å²) in [4.78, 5) is 25.7. The van der Waals surface area contributed by atoms with Crippen LogP contribution in [-0.4, -0.2) is 31.8 Å². The monoisotopic (exact) mass is 485 g/mol. The third-order valence-corrected chi connectivity index (χ3v) is 6.29. The highest BCUT2D eigenvalue weighted by molar-refractivity contribution is 7.87. The average molecular weight is 486 g/mol. The van der Waals surface area contributed by atoms with E-state index < -0.39 is 16.1 Å². The molecule has 1 aromatic heterocycles. The van der Waals surface area contributed by atoms with Crippen molar-refractivity contribution in [2.75, 3.05) is 6.61 Å². The highest BCUT2D eigenvalue weighted by Gasteiger charge is 2.25. The number of esters is 1. The smallest absolute Gasteiger partial charge is 0.340 e. The van der Waals surface area contributed by atoms with E-state index in [-0.39, 0.29) is 28.7 Å². The van der Waals surface area contributed by atoms with Crippen LogP contribution in [0.5, 0.6) is 5.75 Å². The van der Waals surface area contributed by atoms with Gasteiger partial charge in [0.05, 0.1) is 25.0 Å². The summed E-state index contributed by atoms with van der Waals surface area (Å²) < 4.78 is 41.5. The van der Waals surface area contributed by atoms with Gasteiger partial charge in [-0.15, -0.1) is 0 Å². The Bertz CT molecular complexity index is 1200. The molecule has 0 fully saturated rings. The first-order valence-corrected chi connectivity index (χ1v) is 12.3. The fourth-order valence-corrected chi connectivity index (χ4v) is 4.27. The fraction of sp³-hybridized carbons (Fsp3) is 0.280. The SMILES string of the molecule is CCCCOC(=O)c1ccccc1S(=O)(=O)Oc1ccc(CN(Cc2ccco2)C(C)=O)cc1. The summed E-state index contributed by atoms with van der Waals surface area (Å²) in [6, 6.07) is 15.7. The molecule has 3 aromatic rings. The summed E-state index contributed by atoms with van der Waals surface area (Å²) in [5.41, 5.74) is 0.705. The topological polar surface area (TPSA) is 103 Å². The standard InChI is InChI=1S/C25H27NO7S/c1-3-4-15-32-25(28)23-9-5-6-10-24(23)34(29,30)33-21-13-11-20(12-14-21)17-26(19(2)27)18-22-8-7-16-31-22/h5-14,16H,3-4,15,17-18H2,1-2H3. The van der Waals surface area contributed by atoms with Gasteiger partial charge in [-0.05, 0) is 48.4 Å². The largest absolute Gasteiger partial charge is 0.467 e. The number of unbranched alkanes of at least 4 members (excludes halogenated alkanes) is 1. The van der Waals surface area contributed by atoms with Crippen LogP contribution in [0.25, 0.3) is 0 Å². The van der Waals surface area contributed by atoms with Crippen LogP contribution in [0, 0.1) is 0 Å². The molecule has 0 spiro atoms. The summed E-state index contributed by atoms with van der Waals surface area (Å²) in [6.45, 7) is 4.28. The van der Waals surface area contributed by atoms with Crippen LogP contribution < -0.4 is 4.18 Å². The summed E-state index contributed by atoms with van der Waals surface area (Å²) >= 11 is 0. The van der Waals surface area contributed by atoms with Crippen molar-refractivity contribution in [3.05, 3.63) is 83.8 Å². The van der Waals surface area contributed by atoms with Crippen molar-refractivity contribution in [1.82, 2.24) is 4.90 Å². The first kappa shape index (κ1) is 25.0. The van der Waals surface area contributed by atoms with Crippen molar-refractivity contribution in [1.29, 1.82) is 0 Å². The number of hydrogen-bond acceptors (Lipinski definition) is 7.